The van der Waals surface area contributed by atoms with Crippen LogP contribution in [0.4, 0.5) is 0 Å². The lowest BCUT2D eigenvalue weighted by molar-refractivity contribution is 0.580. The van der Waals surface area contributed by atoms with Crippen LogP contribution >= 0.6 is 27.3 Å². The number of halogens is 1. The molecule has 5 heteroatoms. The van der Waals surface area contributed by atoms with Gasteiger partial charge in [-0.25, -0.2) is 4.98 Å². The van der Waals surface area contributed by atoms with E-state index in [1.54, 1.807) is 17.6 Å². The maximum absolute atomic E-state index is 5.41. The van der Waals surface area contributed by atoms with Gasteiger partial charge in [-0.1, -0.05) is 0 Å². The molecule has 0 unspecified atom stereocenters. The Morgan fingerprint density at radius 3 is 3.20 bits per heavy atom. The molecule has 0 bridgehead atoms. The Balaban J connectivity index is 2.06. The molecule has 1 aliphatic rings. The zero-order chi connectivity index (χ0) is 10.3. The van der Waals surface area contributed by atoms with E-state index in [9.17, 15) is 0 Å². The fourth-order valence-corrected chi connectivity index (χ4v) is 3.27. The molecule has 3 rings (SSSR count). The number of aromatic nitrogens is 1. The van der Waals surface area contributed by atoms with Crippen molar-refractivity contribution in [1.29, 1.82) is 0 Å². The molecule has 2 aromatic heterocycles. The Labute approximate surface area is 99.6 Å². The molecular formula is C10H9BrN2OS. The number of fused-ring (bicyclic) bond motifs is 1. The van der Waals surface area contributed by atoms with Gasteiger partial charge in [-0.15, -0.1) is 11.3 Å². The quantitative estimate of drug-likeness (QED) is 0.875. The fourth-order valence-electron chi connectivity index (χ4n) is 1.67. The Morgan fingerprint density at radius 1 is 1.53 bits per heavy atom. The smallest absolute Gasteiger partial charge is 0.176 e. The lowest BCUT2D eigenvalue weighted by Crippen LogP contribution is -2.22. The molecule has 1 N–H and O–H groups in total. The topological polar surface area (TPSA) is 38.1 Å². The number of hydrogen-bond acceptors (Lipinski definition) is 4. The largest absolute Gasteiger partial charge is 0.461 e. The minimum atomic E-state index is 0.842. The van der Waals surface area contributed by atoms with Crippen LogP contribution in [0.1, 0.15) is 10.6 Å². The Bertz CT molecular complexity index is 468. The summed E-state index contributed by atoms with van der Waals surface area (Å²) in [4.78, 5) is 5.94. The monoisotopic (exact) mass is 284 g/mol. The predicted molar refractivity (Wildman–Crippen MR) is 62.9 cm³/mol. The summed E-state index contributed by atoms with van der Waals surface area (Å²) in [7, 11) is 0. The van der Waals surface area contributed by atoms with Crippen LogP contribution in [-0.2, 0) is 13.0 Å². The Hall–Kier alpha value is -0.650. The van der Waals surface area contributed by atoms with Crippen molar-refractivity contribution in [2.45, 2.75) is 13.0 Å². The van der Waals surface area contributed by atoms with Gasteiger partial charge in [-0.2, -0.15) is 0 Å². The molecule has 0 atom stereocenters. The Kier molecular flexibility index (Phi) is 2.38. The van der Waals surface area contributed by atoms with Crippen molar-refractivity contribution >= 4 is 27.3 Å². The van der Waals surface area contributed by atoms with Crippen LogP contribution in [0.3, 0.4) is 0 Å². The Morgan fingerprint density at radius 2 is 2.47 bits per heavy atom. The minimum absolute atomic E-state index is 0.842. The molecule has 0 fully saturated rings. The summed E-state index contributed by atoms with van der Waals surface area (Å²) >= 11 is 5.16. The molecule has 0 spiro atoms. The van der Waals surface area contributed by atoms with Gasteiger partial charge in [0.25, 0.3) is 0 Å². The van der Waals surface area contributed by atoms with Gasteiger partial charge >= 0.3 is 0 Å². The van der Waals surface area contributed by atoms with Gasteiger partial charge in [-0.3, -0.25) is 0 Å². The molecule has 2 aromatic rings. The highest BCUT2D eigenvalue weighted by Gasteiger charge is 2.18. The first-order valence-electron chi connectivity index (χ1n) is 4.77. The van der Waals surface area contributed by atoms with Gasteiger partial charge in [0.2, 0.25) is 0 Å². The summed E-state index contributed by atoms with van der Waals surface area (Å²) in [6, 6.07) is 1.90. The highest BCUT2D eigenvalue weighted by atomic mass is 79.9. The van der Waals surface area contributed by atoms with Crippen molar-refractivity contribution in [2.75, 3.05) is 6.54 Å². The molecular weight excluding hydrogens is 276 g/mol. The van der Waals surface area contributed by atoms with Crippen LogP contribution in [0.5, 0.6) is 0 Å². The number of nitrogens with one attached hydrogen (secondary N) is 1. The van der Waals surface area contributed by atoms with E-state index in [1.165, 1.54) is 10.6 Å². The molecule has 0 saturated carbocycles. The number of furan rings is 1. The van der Waals surface area contributed by atoms with Gasteiger partial charge in [0, 0.05) is 24.4 Å². The maximum atomic E-state index is 5.41. The van der Waals surface area contributed by atoms with Crippen molar-refractivity contribution in [3.05, 3.63) is 27.4 Å². The van der Waals surface area contributed by atoms with E-state index < -0.39 is 0 Å². The SMILES string of the molecule is Brc1ccoc1-c1nc2c(s1)CNCC2. The molecule has 0 aliphatic carbocycles. The molecule has 0 saturated heterocycles. The zero-order valence-electron chi connectivity index (χ0n) is 7.92. The third kappa shape index (κ3) is 1.64. The second kappa shape index (κ2) is 3.73. The standard InChI is InChI=1S/C10H9BrN2OS/c11-6-2-4-14-9(6)10-13-7-1-3-12-5-8(7)15-10/h2,4,12H,1,3,5H2. The van der Waals surface area contributed by atoms with E-state index in [-0.39, 0.29) is 0 Å². The average molecular weight is 285 g/mol. The third-order valence-corrected chi connectivity index (χ3v) is 4.13. The van der Waals surface area contributed by atoms with Crippen LogP contribution in [0, 0.1) is 0 Å². The molecule has 3 heterocycles. The fraction of sp³-hybridized carbons (Fsp3) is 0.300. The summed E-state index contributed by atoms with van der Waals surface area (Å²) in [5, 5.41) is 4.32. The van der Waals surface area contributed by atoms with Crippen molar-refractivity contribution in [3.8, 4) is 10.8 Å². The molecule has 15 heavy (non-hydrogen) atoms. The van der Waals surface area contributed by atoms with Gasteiger partial charge in [0.05, 0.1) is 16.4 Å². The van der Waals surface area contributed by atoms with E-state index in [0.29, 0.717) is 0 Å². The van der Waals surface area contributed by atoms with Gasteiger partial charge in [0.1, 0.15) is 0 Å². The summed E-state index contributed by atoms with van der Waals surface area (Å²) in [5.74, 6) is 0.842. The maximum Gasteiger partial charge on any atom is 0.176 e. The molecule has 0 aromatic carbocycles. The summed E-state index contributed by atoms with van der Waals surface area (Å²) < 4.78 is 6.38. The van der Waals surface area contributed by atoms with Crippen molar-refractivity contribution in [2.24, 2.45) is 0 Å². The molecule has 78 valence electrons. The van der Waals surface area contributed by atoms with Crippen LogP contribution in [-0.4, -0.2) is 11.5 Å². The number of thiazole rings is 1. The molecule has 0 radical (unpaired) electrons. The van der Waals surface area contributed by atoms with Crippen molar-refractivity contribution in [3.63, 3.8) is 0 Å². The summed E-state index contributed by atoms with van der Waals surface area (Å²) in [5.41, 5.74) is 1.22. The number of nitrogens with zero attached hydrogens (tertiary/aromatic N) is 1. The molecule has 0 amide bonds. The second-order valence-corrected chi connectivity index (χ2v) is 5.35. The summed E-state index contributed by atoms with van der Waals surface area (Å²) in [6.45, 7) is 1.96. The van der Waals surface area contributed by atoms with Gasteiger partial charge in [0.15, 0.2) is 10.8 Å². The molecule has 1 aliphatic heterocycles. The first-order chi connectivity index (χ1) is 7.34. The lowest BCUT2D eigenvalue weighted by atomic mass is 10.2. The number of hydrogen-bond donors (Lipinski definition) is 1. The first kappa shape index (κ1) is 9.57. The summed E-state index contributed by atoms with van der Waals surface area (Å²) in [6.07, 6.45) is 2.70. The number of rotatable bonds is 1. The van der Waals surface area contributed by atoms with Crippen molar-refractivity contribution in [1.82, 2.24) is 10.3 Å². The van der Waals surface area contributed by atoms with E-state index in [2.05, 4.69) is 26.2 Å². The third-order valence-electron chi connectivity index (χ3n) is 2.41. The van der Waals surface area contributed by atoms with Crippen LogP contribution in [0.25, 0.3) is 10.8 Å². The van der Waals surface area contributed by atoms with Crippen LogP contribution in [0.15, 0.2) is 21.2 Å². The van der Waals surface area contributed by atoms with E-state index >= 15 is 0 Å². The van der Waals surface area contributed by atoms with Gasteiger partial charge in [-0.05, 0) is 22.0 Å². The second-order valence-electron chi connectivity index (χ2n) is 3.41. The van der Waals surface area contributed by atoms with Gasteiger partial charge < -0.3 is 9.73 Å². The van der Waals surface area contributed by atoms with E-state index in [0.717, 1.165) is 34.8 Å². The zero-order valence-corrected chi connectivity index (χ0v) is 10.3. The van der Waals surface area contributed by atoms with Crippen LogP contribution < -0.4 is 5.32 Å². The highest BCUT2D eigenvalue weighted by Crippen LogP contribution is 2.34. The van der Waals surface area contributed by atoms with E-state index in [1.807, 2.05) is 6.07 Å². The average Bonchev–Trinajstić information content (AvgIpc) is 2.82. The minimum Gasteiger partial charge on any atom is -0.461 e. The normalized spacial score (nSPS) is 15.3. The van der Waals surface area contributed by atoms with Crippen molar-refractivity contribution < 1.29 is 4.42 Å². The lowest BCUT2D eigenvalue weighted by Gasteiger charge is -2.09. The first-order valence-corrected chi connectivity index (χ1v) is 6.38. The van der Waals surface area contributed by atoms with E-state index in [4.69, 9.17) is 4.42 Å². The van der Waals surface area contributed by atoms with Crippen LogP contribution in [0.2, 0.25) is 0 Å². The predicted octanol–water partition coefficient (Wildman–Crippen LogP) is 2.81. The highest BCUT2D eigenvalue weighted by molar-refractivity contribution is 9.10. The molecule has 3 nitrogen and oxygen atoms in total.